The summed E-state index contributed by atoms with van der Waals surface area (Å²) in [6, 6.07) is 4.44. The normalized spacial score (nSPS) is 17.4. The summed E-state index contributed by atoms with van der Waals surface area (Å²) < 4.78 is 0. The van der Waals surface area contributed by atoms with E-state index in [1.165, 1.54) is 5.56 Å². The summed E-state index contributed by atoms with van der Waals surface area (Å²) >= 11 is 0. The zero-order valence-electron chi connectivity index (χ0n) is 15.0. The first-order chi connectivity index (χ1) is 10.8. The second-order valence-corrected chi connectivity index (χ2v) is 7.37. The number of hydrogen-bond acceptors (Lipinski definition) is 3. The molecule has 23 heavy (non-hydrogen) atoms. The zero-order valence-corrected chi connectivity index (χ0v) is 15.0. The predicted octanol–water partition coefficient (Wildman–Crippen LogP) is 3.83. The van der Waals surface area contributed by atoms with Gasteiger partial charge in [0.25, 0.3) is 0 Å². The first-order valence-electron chi connectivity index (χ1n) is 8.74. The second kappa shape index (κ2) is 7.39. The van der Waals surface area contributed by atoms with Crippen molar-refractivity contribution in [1.29, 1.82) is 0 Å². The summed E-state index contributed by atoms with van der Waals surface area (Å²) in [6.45, 7) is 10.7. The van der Waals surface area contributed by atoms with Crippen molar-refractivity contribution in [3.05, 3.63) is 34.4 Å². The highest BCUT2D eigenvalue weighted by Crippen LogP contribution is 2.31. The molecule has 1 N–H and O–H groups in total. The smallest absolute Gasteiger partial charge is 0.166 e. The number of carbonyl (C=O) groups excluding carboxylic acids is 2. The summed E-state index contributed by atoms with van der Waals surface area (Å²) in [5, 5.41) is 3.51. The van der Waals surface area contributed by atoms with Crippen LogP contribution in [0.4, 0.5) is 0 Å². The van der Waals surface area contributed by atoms with Gasteiger partial charge in [0.15, 0.2) is 11.6 Å². The first-order valence-corrected chi connectivity index (χ1v) is 8.74. The molecule has 1 aromatic rings. The van der Waals surface area contributed by atoms with E-state index < -0.39 is 0 Å². The minimum absolute atomic E-state index is 0.0182. The number of rotatable bonds is 6. The van der Waals surface area contributed by atoms with E-state index in [1.54, 1.807) is 6.92 Å². The zero-order chi connectivity index (χ0) is 17.1. The third-order valence-electron chi connectivity index (χ3n) is 4.68. The maximum atomic E-state index is 12.4. The second-order valence-electron chi connectivity index (χ2n) is 7.37. The van der Waals surface area contributed by atoms with Gasteiger partial charge in [-0.2, -0.15) is 0 Å². The Balaban J connectivity index is 2.32. The Morgan fingerprint density at radius 3 is 2.48 bits per heavy atom. The quantitative estimate of drug-likeness (QED) is 0.812. The minimum atomic E-state index is -0.0854. The van der Waals surface area contributed by atoms with Crippen LogP contribution in [0.25, 0.3) is 0 Å². The number of hydrogen-bond donors (Lipinski definition) is 1. The summed E-state index contributed by atoms with van der Waals surface area (Å²) in [4.78, 5) is 24.6. The summed E-state index contributed by atoms with van der Waals surface area (Å²) in [6.07, 6.45) is 2.96. The molecule has 0 saturated carbocycles. The highest BCUT2D eigenvalue weighted by Gasteiger charge is 2.26. The van der Waals surface area contributed by atoms with Crippen molar-refractivity contribution in [2.24, 2.45) is 11.8 Å². The standard InChI is InChI=1S/C20H29NO2/c1-12(2)20(23)18-9-7-16-10-15(11-21-13(3)4)6-8-17(16)19(18)14(5)22/h7,9,12-13,15,21H,6,8,10-11H2,1-5H3. The molecule has 2 rings (SSSR count). The van der Waals surface area contributed by atoms with Crippen LogP contribution in [0.2, 0.25) is 0 Å². The Bertz CT molecular complexity index is 602. The van der Waals surface area contributed by atoms with Crippen molar-refractivity contribution >= 4 is 11.6 Å². The van der Waals surface area contributed by atoms with Crippen LogP contribution in [0.5, 0.6) is 0 Å². The lowest BCUT2D eigenvalue weighted by molar-refractivity contribution is 0.0926. The van der Waals surface area contributed by atoms with Crippen LogP contribution in [0.1, 0.15) is 72.9 Å². The summed E-state index contributed by atoms with van der Waals surface area (Å²) in [5.41, 5.74) is 3.66. The highest BCUT2D eigenvalue weighted by molar-refractivity contribution is 6.09. The largest absolute Gasteiger partial charge is 0.314 e. The monoisotopic (exact) mass is 315 g/mol. The molecule has 0 spiro atoms. The maximum absolute atomic E-state index is 12.4. The molecule has 0 fully saturated rings. The average Bonchev–Trinajstić information content (AvgIpc) is 2.50. The van der Waals surface area contributed by atoms with Gasteiger partial charge in [0.1, 0.15) is 0 Å². The number of carbonyl (C=O) groups is 2. The lowest BCUT2D eigenvalue weighted by atomic mass is 9.78. The van der Waals surface area contributed by atoms with E-state index in [-0.39, 0.29) is 17.5 Å². The Hall–Kier alpha value is -1.48. The SMILES string of the molecule is CC(=O)c1c(C(=O)C(C)C)ccc2c1CCC(CNC(C)C)C2. The fraction of sp³-hybridized carbons (Fsp3) is 0.600. The number of nitrogens with one attached hydrogen (secondary N) is 1. The van der Waals surface area contributed by atoms with Crippen LogP contribution in [-0.4, -0.2) is 24.2 Å². The molecule has 3 heteroatoms. The van der Waals surface area contributed by atoms with E-state index in [0.717, 1.165) is 31.4 Å². The van der Waals surface area contributed by atoms with E-state index in [1.807, 2.05) is 19.9 Å². The van der Waals surface area contributed by atoms with Gasteiger partial charge >= 0.3 is 0 Å². The molecule has 1 aromatic carbocycles. The molecule has 0 heterocycles. The van der Waals surface area contributed by atoms with Crippen LogP contribution in [0.15, 0.2) is 12.1 Å². The highest BCUT2D eigenvalue weighted by atomic mass is 16.1. The third kappa shape index (κ3) is 4.08. The summed E-state index contributed by atoms with van der Waals surface area (Å²) in [5.74, 6) is 0.611. The van der Waals surface area contributed by atoms with Crippen LogP contribution in [0, 0.1) is 11.8 Å². The number of ketones is 2. The molecule has 126 valence electrons. The van der Waals surface area contributed by atoms with Gasteiger partial charge in [-0.3, -0.25) is 9.59 Å². The van der Waals surface area contributed by atoms with Gasteiger partial charge in [-0.25, -0.2) is 0 Å². The molecular weight excluding hydrogens is 286 g/mol. The minimum Gasteiger partial charge on any atom is -0.314 e. The first kappa shape index (κ1) is 17.9. The lowest BCUT2D eigenvalue weighted by Crippen LogP contribution is -2.32. The molecule has 0 saturated heterocycles. The van der Waals surface area contributed by atoms with Gasteiger partial charge in [-0.05, 0) is 49.8 Å². The molecule has 0 bridgehead atoms. The molecule has 0 aliphatic heterocycles. The molecule has 1 aliphatic carbocycles. The van der Waals surface area contributed by atoms with Gasteiger partial charge in [0, 0.05) is 23.1 Å². The van der Waals surface area contributed by atoms with Gasteiger partial charge in [0.2, 0.25) is 0 Å². The van der Waals surface area contributed by atoms with Crippen molar-refractivity contribution in [1.82, 2.24) is 5.32 Å². The predicted molar refractivity (Wildman–Crippen MR) is 94.3 cm³/mol. The van der Waals surface area contributed by atoms with Crippen molar-refractivity contribution in [2.75, 3.05) is 6.54 Å². The van der Waals surface area contributed by atoms with Crippen molar-refractivity contribution in [3.8, 4) is 0 Å². The fourth-order valence-corrected chi connectivity index (χ4v) is 3.42. The topological polar surface area (TPSA) is 46.2 Å². The van der Waals surface area contributed by atoms with Crippen molar-refractivity contribution in [3.63, 3.8) is 0 Å². The van der Waals surface area contributed by atoms with Gasteiger partial charge in [-0.1, -0.05) is 39.8 Å². The van der Waals surface area contributed by atoms with E-state index in [0.29, 0.717) is 23.1 Å². The Morgan fingerprint density at radius 2 is 1.91 bits per heavy atom. The lowest BCUT2D eigenvalue weighted by Gasteiger charge is -2.28. The summed E-state index contributed by atoms with van der Waals surface area (Å²) in [7, 11) is 0. The van der Waals surface area contributed by atoms with E-state index in [9.17, 15) is 9.59 Å². The number of fused-ring (bicyclic) bond motifs is 1. The van der Waals surface area contributed by atoms with Crippen molar-refractivity contribution < 1.29 is 9.59 Å². The van der Waals surface area contributed by atoms with Crippen LogP contribution in [-0.2, 0) is 12.8 Å². The van der Waals surface area contributed by atoms with E-state index in [4.69, 9.17) is 0 Å². The molecule has 1 unspecified atom stereocenters. The van der Waals surface area contributed by atoms with Crippen LogP contribution in [0.3, 0.4) is 0 Å². The van der Waals surface area contributed by atoms with Gasteiger partial charge in [-0.15, -0.1) is 0 Å². The van der Waals surface area contributed by atoms with Crippen molar-refractivity contribution in [2.45, 2.75) is 59.9 Å². The van der Waals surface area contributed by atoms with E-state index >= 15 is 0 Å². The Labute approximate surface area is 139 Å². The molecule has 3 nitrogen and oxygen atoms in total. The maximum Gasteiger partial charge on any atom is 0.166 e. The van der Waals surface area contributed by atoms with Gasteiger partial charge in [0.05, 0.1) is 0 Å². The van der Waals surface area contributed by atoms with Gasteiger partial charge < -0.3 is 5.32 Å². The number of Topliss-reactive ketones (excluding diaryl/α,β-unsaturated/α-hetero) is 2. The molecule has 1 atom stereocenters. The molecule has 0 amide bonds. The molecule has 1 aliphatic rings. The molecule has 0 aromatic heterocycles. The van der Waals surface area contributed by atoms with Crippen LogP contribution >= 0.6 is 0 Å². The molecule has 0 radical (unpaired) electrons. The third-order valence-corrected chi connectivity index (χ3v) is 4.68. The van der Waals surface area contributed by atoms with Crippen LogP contribution < -0.4 is 5.32 Å². The Kier molecular flexibility index (Phi) is 5.74. The van der Waals surface area contributed by atoms with E-state index in [2.05, 4.69) is 25.2 Å². The molecular formula is C20H29NO2. The fourth-order valence-electron chi connectivity index (χ4n) is 3.42. The Morgan fingerprint density at radius 1 is 1.22 bits per heavy atom. The average molecular weight is 315 g/mol. The number of benzene rings is 1.